The van der Waals surface area contributed by atoms with E-state index < -0.39 is 0 Å². The summed E-state index contributed by atoms with van der Waals surface area (Å²) in [5.41, 5.74) is 14.3. The summed E-state index contributed by atoms with van der Waals surface area (Å²) in [6.45, 7) is 7.11. The average Bonchev–Trinajstić information content (AvgIpc) is 3.41. The summed E-state index contributed by atoms with van der Waals surface area (Å²) in [4.78, 5) is 2.34. The first-order valence-electron chi connectivity index (χ1n) is 12.5. The number of methoxy groups -OCH3 is 1. The number of benzene rings is 3. The van der Waals surface area contributed by atoms with Crippen molar-refractivity contribution in [2.45, 2.75) is 40.1 Å². The number of nitrogens with zero attached hydrogens (tertiary/aromatic N) is 1. The number of anilines is 2. The summed E-state index contributed by atoms with van der Waals surface area (Å²) in [5, 5.41) is 3.75. The molecule has 0 aliphatic carbocycles. The standard InChI is InChI=1S/C31H33N3O3/c1-5-28-26-10-6-7-11-27(26)33-31(34(28)18-25-9-8-14-36-25)22-12-13-29(35-4)23(17-22)19-37-30-20(2)15-24(32)16-21(30)3/h5-17,31,33H,18-19,32H2,1-4H3/b28-5+. The number of nitrogens with one attached hydrogen (secondary N) is 1. The van der Waals surface area contributed by atoms with Gasteiger partial charge in [0.2, 0.25) is 0 Å². The monoisotopic (exact) mass is 495 g/mol. The van der Waals surface area contributed by atoms with Gasteiger partial charge in [-0.1, -0.05) is 30.3 Å². The van der Waals surface area contributed by atoms with Crippen molar-refractivity contribution in [3.8, 4) is 11.5 Å². The van der Waals surface area contributed by atoms with Crippen LogP contribution < -0.4 is 20.5 Å². The summed E-state index contributed by atoms with van der Waals surface area (Å²) < 4.78 is 17.7. The van der Waals surface area contributed by atoms with Gasteiger partial charge in [0.15, 0.2) is 0 Å². The van der Waals surface area contributed by atoms with Crippen molar-refractivity contribution in [1.29, 1.82) is 0 Å². The maximum absolute atomic E-state index is 6.31. The fourth-order valence-corrected chi connectivity index (χ4v) is 5.13. The lowest BCUT2D eigenvalue weighted by atomic mass is 9.99. The van der Waals surface area contributed by atoms with Crippen LogP contribution in [-0.4, -0.2) is 12.0 Å². The van der Waals surface area contributed by atoms with E-state index in [4.69, 9.17) is 19.6 Å². The van der Waals surface area contributed by atoms with E-state index in [0.717, 1.165) is 56.6 Å². The molecule has 1 unspecified atom stereocenters. The average molecular weight is 496 g/mol. The molecular formula is C31H33N3O3. The molecular weight excluding hydrogens is 462 g/mol. The summed E-state index contributed by atoms with van der Waals surface area (Å²) >= 11 is 0. The molecule has 6 nitrogen and oxygen atoms in total. The maximum Gasteiger partial charge on any atom is 0.126 e. The van der Waals surface area contributed by atoms with Gasteiger partial charge in [0.25, 0.3) is 0 Å². The molecule has 5 rings (SSSR count). The number of aryl methyl sites for hydroxylation is 2. The molecule has 3 aromatic carbocycles. The van der Waals surface area contributed by atoms with Gasteiger partial charge in [-0.2, -0.15) is 0 Å². The lowest BCUT2D eigenvalue weighted by Gasteiger charge is -2.41. The van der Waals surface area contributed by atoms with Crippen molar-refractivity contribution < 1.29 is 13.9 Å². The second-order valence-corrected chi connectivity index (χ2v) is 9.32. The number of furan rings is 1. The number of fused-ring (bicyclic) bond motifs is 1. The second-order valence-electron chi connectivity index (χ2n) is 9.32. The first-order valence-corrected chi connectivity index (χ1v) is 12.5. The topological polar surface area (TPSA) is 72.9 Å². The minimum Gasteiger partial charge on any atom is -0.496 e. The molecule has 6 heteroatoms. The fraction of sp³-hybridized carbons (Fsp3) is 0.226. The number of ether oxygens (including phenoxy) is 2. The highest BCUT2D eigenvalue weighted by atomic mass is 16.5. The fourth-order valence-electron chi connectivity index (χ4n) is 5.13. The molecule has 2 heterocycles. The van der Waals surface area contributed by atoms with Crippen LogP contribution in [0.2, 0.25) is 0 Å². The molecule has 0 saturated heterocycles. The molecule has 0 saturated carbocycles. The predicted molar refractivity (Wildman–Crippen MR) is 148 cm³/mol. The van der Waals surface area contributed by atoms with Gasteiger partial charge < -0.3 is 29.8 Å². The third-order valence-electron chi connectivity index (χ3n) is 6.77. The zero-order valence-corrected chi connectivity index (χ0v) is 21.7. The smallest absolute Gasteiger partial charge is 0.126 e. The molecule has 3 N–H and O–H groups in total. The Bertz CT molecular complexity index is 1400. The normalized spacial score (nSPS) is 15.8. The number of rotatable bonds is 7. The number of allylic oxidation sites excluding steroid dienone is 1. The molecule has 4 aromatic rings. The van der Waals surface area contributed by atoms with Crippen LogP contribution in [0.25, 0.3) is 5.70 Å². The zero-order valence-electron chi connectivity index (χ0n) is 21.7. The SMILES string of the molecule is C/C=C1\c2ccccc2NC(c2ccc(OC)c(COc3c(C)cc(N)cc3C)c2)N1Cc1ccco1. The third kappa shape index (κ3) is 4.87. The van der Waals surface area contributed by atoms with E-state index in [2.05, 4.69) is 59.6 Å². The van der Waals surface area contributed by atoms with Gasteiger partial charge in [0.1, 0.15) is 30.0 Å². The van der Waals surface area contributed by atoms with E-state index in [0.29, 0.717) is 13.2 Å². The van der Waals surface area contributed by atoms with Gasteiger partial charge in [-0.25, -0.2) is 0 Å². The number of nitrogens with two attached hydrogens (primary N) is 1. The van der Waals surface area contributed by atoms with E-state index in [-0.39, 0.29) is 6.17 Å². The second kappa shape index (κ2) is 10.3. The Morgan fingerprint density at radius 1 is 1.03 bits per heavy atom. The van der Waals surface area contributed by atoms with Crippen LogP contribution in [0.15, 0.2) is 83.5 Å². The number of hydrogen-bond acceptors (Lipinski definition) is 6. The van der Waals surface area contributed by atoms with E-state index >= 15 is 0 Å². The Labute approximate surface area is 218 Å². The van der Waals surface area contributed by atoms with Crippen LogP contribution >= 0.6 is 0 Å². The van der Waals surface area contributed by atoms with Crippen LogP contribution in [0.1, 0.15) is 46.7 Å². The Morgan fingerprint density at radius 2 is 1.81 bits per heavy atom. The van der Waals surface area contributed by atoms with Gasteiger partial charge in [0.05, 0.1) is 19.9 Å². The molecule has 1 aliphatic rings. The van der Waals surface area contributed by atoms with E-state index in [1.54, 1.807) is 13.4 Å². The molecule has 0 fully saturated rings. The number of nitrogen functional groups attached to an aromatic ring is 1. The van der Waals surface area contributed by atoms with E-state index in [1.807, 2.05) is 44.2 Å². The van der Waals surface area contributed by atoms with Crippen molar-refractivity contribution in [1.82, 2.24) is 4.90 Å². The Morgan fingerprint density at radius 3 is 2.51 bits per heavy atom. The summed E-state index contributed by atoms with van der Waals surface area (Å²) in [5.74, 6) is 2.54. The zero-order chi connectivity index (χ0) is 25.9. The van der Waals surface area contributed by atoms with Gasteiger partial charge >= 0.3 is 0 Å². The van der Waals surface area contributed by atoms with Crippen molar-refractivity contribution in [2.75, 3.05) is 18.2 Å². The summed E-state index contributed by atoms with van der Waals surface area (Å²) in [7, 11) is 1.69. The lowest BCUT2D eigenvalue weighted by Crippen LogP contribution is -2.36. The summed E-state index contributed by atoms with van der Waals surface area (Å²) in [6.07, 6.45) is 3.76. The van der Waals surface area contributed by atoms with Crippen LogP contribution in [-0.2, 0) is 13.2 Å². The van der Waals surface area contributed by atoms with Crippen molar-refractivity contribution >= 4 is 17.1 Å². The molecule has 37 heavy (non-hydrogen) atoms. The highest BCUT2D eigenvalue weighted by Crippen LogP contribution is 2.41. The first kappa shape index (κ1) is 24.4. The molecule has 0 radical (unpaired) electrons. The molecule has 0 amide bonds. The van der Waals surface area contributed by atoms with Crippen LogP contribution in [0.3, 0.4) is 0 Å². The molecule has 0 bridgehead atoms. The highest BCUT2D eigenvalue weighted by Gasteiger charge is 2.31. The first-order chi connectivity index (χ1) is 18.0. The summed E-state index contributed by atoms with van der Waals surface area (Å²) in [6, 6.07) is 22.5. The van der Waals surface area contributed by atoms with E-state index in [9.17, 15) is 0 Å². The number of hydrogen-bond donors (Lipinski definition) is 2. The van der Waals surface area contributed by atoms with Crippen molar-refractivity contribution in [3.63, 3.8) is 0 Å². The third-order valence-corrected chi connectivity index (χ3v) is 6.77. The molecule has 1 aromatic heterocycles. The van der Waals surface area contributed by atoms with Crippen molar-refractivity contribution in [2.24, 2.45) is 0 Å². The predicted octanol–water partition coefficient (Wildman–Crippen LogP) is 7.05. The molecule has 0 spiro atoms. The Balaban J connectivity index is 1.51. The minimum atomic E-state index is -0.115. The molecule has 1 atom stereocenters. The van der Waals surface area contributed by atoms with Gasteiger partial charge in [-0.05, 0) is 79.9 Å². The lowest BCUT2D eigenvalue weighted by molar-refractivity contribution is 0.280. The highest BCUT2D eigenvalue weighted by molar-refractivity contribution is 5.78. The molecule has 190 valence electrons. The van der Waals surface area contributed by atoms with Crippen LogP contribution in [0, 0.1) is 13.8 Å². The van der Waals surface area contributed by atoms with Gasteiger partial charge in [-0.3, -0.25) is 0 Å². The largest absolute Gasteiger partial charge is 0.496 e. The quantitative estimate of drug-likeness (QED) is 0.268. The minimum absolute atomic E-state index is 0.115. The van der Waals surface area contributed by atoms with Gasteiger partial charge in [0, 0.05) is 28.2 Å². The van der Waals surface area contributed by atoms with Gasteiger partial charge in [-0.15, -0.1) is 0 Å². The van der Waals surface area contributed by atoms with Crippen LogP contribution in [0.5, 0.6) is 11.5 Å². The molecule has 1 aliphatic heterocycles. The number of para-hydroxylation sites is 1. The van der Waals surface area contributed by atoms with E-state index in [1.165, 1.54) is 5.56 Å². The Hall–Kier alpha value is -4.32. The Kier molecular flexibility index (Phi) is 6.82. The van der Waals surface area contributed by atoms with Crippen LogP contribution in [0.4, 0.5) is 11.4 Å². The maximum atomic E-state index is 6.31. The van der Waals surface area contributed by atoms with Crippen molar-refractivity contribution in [3.05, 3.63) is 113 Å².